The van der Waals surface area contributed by atoms with Gasteiger partial charge in [0.2, 0.25) is 5.91 Å². The summed E-state index contributed by atoms with van der Waals surface area (Å²) in [4.78, 5) is 29.1. The molecule has 5 heteroatoms. The molecule has 0 aromatic heterocycles. The first-order valence-corrected chi connectivity index (χ1v) is 8.95. The number of anilines is 1. The molecule has 2 aromatic rings. The summed E-state index contributed by atoms with van der Waals surface area (Å²) in [5.74, 6) is 0.608. The quantitative estimate of drug-likeness (QED) is 0.836. The highest BCUT2D eigenvalue weighted by Crippen LogP contribution is 2.30. The first kappa shape index (κ1) is 16.6. The van der Waals surface area contributed by atoms with Crippen LogP contribution in [-0.2, 0) is 16.0 Å². The van der Waals surface area contributed by atoms with Crippen molar-refractivity contribution < 1.29 is 14.3 Å². The molecule has 0 bridgehead atoms. The molecular weight excluding hydrogens is 328 g/mol. The number of para-hydroxylation sites is 2. The van der Waals surface area contributed by atoms with Gasteiger partial charge in [0.25, 0.3) is 5.91 Å². The Hall–Kier alpha value is -2.82. The number of piperazine rings is 1. The summed E-state index contributed by atoms with van der Waals surface area (Å²) in [6.45, 7) is 4.58. The molecule has 0 aliphatic carbocycles. The van der Waals surface area contributed by atoms with E-state index >= 15 is 0 Å². The second-order valence-corrected chi connectivity index (χ2v) is 7.04. The molecule has 2 amide bonds. The molecule has 2 aliphatic heterocycles. The zero-order valence-electron chi connectivity index (χ0n) is 15.0. The van der Waals surface area contributed by atoms with Crippen molar-refractivity contribution in [2.75, 3.05) is 18.0 Å². The van der Waals surface area contributed by atoms with Crippen LogP contribution < -0.4 is 9.64 Å². The van der Waals surface area contributed by atoms with E-state index in [2.05, 4.69) is 0 Å². The molecular formula is C21H22N2O3. The number of benzene rings is 2. The molecule has 1 saturated heterocycles. The third-order valence-corrected chi connectivity index (χ3v) is 5.13. The van der Waals surface area contributed by atoms with Gasteiger partial charge in [0.05, 0.1) is 6.04 Å². The van der Waals surface area contributed by atoms with E-state index in [-0.39, 0.29) is 24.4 Å². The number of ether oxygens (including phenoxy) is 1. The Balaban J connectivity index is 1.49. The van der Waals surface area contributed by atoms with Crippen LogP contribution >= 0.6 is 0 Å². The molecule has 5 nitrogen and oxygen atoms in total. The molecule has 0 unspecified atom stereocenters. The van der Waals surface area contributed by atoms with Crippen LogP contribution in [-0.4, -0.2) is 41.9 Å². The first-order chi connectivity index (χ1) is 12.5. The van der Waals surface area contributed by atoms with Crippen molar-refractivity contribution in [3.8, 4) is 5.75 Å². The molecule has 2 aromatic carbocycles. The number of carbonyl (C=O) groups is 2. The van der Waals surface area contributed by atoms with E-state index in [0.29, 0.717) is 13.0 Å². The van der Waals surface area contributed by atoms with Gasteiger partial charge in [-0.25, -0.2) is 0 Å². The van der Waals surface area contributed by atoms with Gasteiger partial charge in [-0.05, 0) is 37.1 Å². The van der Waals surface area contributed by atoms with E-state index in [4.69, 9.17) is 4.74 Å². The summed E-state index contributed by atoms with van der Waals surface area (Å²) in [6, 6.07) is 15.5. The van der Waals surface area contributed by atoms with Gasteiger partial charge < -0.3 is 14.5 Å². The fraction of sp³-hybridized carbons (Fsp3) is 0.333. The van der Waals surface area contributed by atoms with Gasteiger partial charge in [-0.1, -0.05) is 36.4 Å². The molecule has 2 atom stereocenters. The standard InChI is InChI=1S/C21H22N2O3/c1-14-7-3-5-9-17(14)23-15(2)12-22(13-20(23)24)21(25)19-11-16-8-4-6-10-18(16)26-19/h3-10,15,19H,11-13H2,1-2H3/t15-,19-/m1/s1. The van der Waals surface area contributed by atoms with Gasteiger partial charge in [-0.3, -0.25) is 9.59 Å². The maximum Gasteiger partial charge on any atom is 0.264 e. The zero-order chi connectivity index (χ0) is 18.3. The summed E-state index contributed by atoms with van der Waals surface area (Å²) in [6.07, 6.45) is 0.0349. The predicted octanol–water partition coefficient (Wildman–Crippen LogP) is 2.56. The maximum atomic E-state index is 12.9. The molecule has 26 heavy (non-hydrogen) atoms. The van der Waals surface area contributed by atoms with Crippen molar-refractivity contribution in [1.29, 1.82) is 0 Å². The Morgan fingerprint density at radius 1 is 1.12 bits per heavy atom. The minimum Gasteiger partial charge on any atom is -0.480 e. The number of nitrogens with zero attached hydrogens (tertiary/aromatic N) is 2. The van der Waals surface area contributed by atoms with Crippen LogP contribution in [0.2, 0.25) is 0 Å². The van der Waals surface area contributed by atoms with Gasteiger partial charge in [0, 0.05) is 18.7 Å². The fourth-order valence-corrected chi connectivity index (χ4v) is 3.85. The normalized spacial score (nSPS) is 22.2. The van der Waals surface area contributed by atoms with E-state index < -0.39 is 6.10 Å². The van der Waals surface area contributed by atoms with Crippen LogP contribution in [0.1, 0.15) is 18.1 Å². The second kappa shape index (κ2) is 6.48. The third kappa shape index (κ3) is 2.83. The van der Waals surface area contributed by atoms with Gasteiger partial charge >= 0.3 is 0 Å². The number of amides is 2. The highest BCUT2D eigenvalue weighted by atomic mass is 16.5. The number of aryl methyl sites for hydroxylation is 1. The molecule has 0 saturated carbocycles. The van der Waals surface area contributed by atoms with E-state index in [9.17, 15) is 9.59 Å². The third-order valence-electron chi connectivity index (χ3n) is 5.13. The number of carbonyl (C=O) groups excluding carboxylic acids is 2. The molecule has 2 heterocycles. The Labute approximate surface area is 153 Å². The minimum absolute atomic E-state index is 0.0538. The minimum atomic E-state index is -0.530. The highest BCUT2D eigenvalue weighted by Gasteiger charge is 2.38. The van der Waals surface area contributed by atoms with Crippen molar-refractivity contribution in [2.45, 2.75) is 32.4 Å². The molecule has 0 radical (unpaired) electrons. The molecule has 1 fully saturated rings. The average Bonchev–Trinajstić information content (AvgIpc) is 3.06. The monoisotopic (exact) mass is 350 g/mol. The van der Waals surface area contributed by atoms with Crippen molar-refractivity contribution in [3.63, 3.8) is 0 Å². The smallest absolute Gasteiger partial charge is 0.264 e. The topological polar surface area (TPSA) is 49.9 Å². The van der Waals surface area contributed by atoms with Crippen LogP contribution in [0.3, 0.4) is 0 Å². The van der Waals surface area contributed by atoms with Crippen LogP contribution in [0.25, 0.3) is 0 Å². The number of rotatable bonds is 2. The van der Waals surface area contributed by atoms with Crippen LogP contribution in [0.15, 0.2) is 48.5 Å². The van der Waals surface area contributed by atoms with Crippen molar-refractivity contribution in [2.24, 2.45) is 0 Å². The van der Waals surface area contributed by atoms with Gasteiger partial charge in [0.1, 0.15) is 12.3 Å². The lowest BCUT2D eigenvalue weighted by Crippen LogP contribution is -2.59. The lowest BCUT2D eigenvalue weighted by Gasteiger charge is -2.40. The largest absolute Gasteiger partial charge is 0.480 e. The van der Waals surface area contributed by atoms with Crippen molar-refractivity contribution in [3.05, 3.63) is 59.7 Å². The Morgan fingerprint density at radius 3 is 2.58 bits per heavy atom. The average molecular weight is 350 g/mol. The fourth-order valence-electron chi connectivity index (χ4n) is 3.85. The Kier molecular flexibility index (Phi) is 4.15. The predicted molar refractivity (Wildman–Crippen MR) is 99.3 cm³/mol. The van der Waals surface area contributed by atoms with E-state index in [1.54, 1.807) is 4.90 Å². The van der Waals surface area contributed by atoms with E-state index in [0.717, 1.165) is 22.6 Å². The van der Waals surface area contributed by atoms with Gasteiger partial charge in [-0.2, -0.15) is 0 Å². The van der Waals surface area contributed by atoms with E-state index in [1.807, 2.05) is 67.3 Å². The molecule has 134 valence electrons. The summed E-state index contributed by atoms with van der Waals surface area (Å²) in [5.41, 5.74) is 3.02. The van der Waals surface area contributed by atoms with Crippen LogP contribution in [0, 0.1) is 6.92 Å². The van der Waals surface area contributed by atoms with Crippen molar-refractivity contribution in [1.82, 2.24) is 4.90 Å². The number of hydrogen-bond acceptors (Lipinski definition) is 3. The van der Waals surface area contributed by atoms with Crippen molar-refractivity contribution >= 4 is 17.5 Å². The second-order valence-electron chi connectivity index (χ2n) is 7.04. The number of fused-ring (bicyclic) bond motifs is 1. The molecule has 0 N–H and O–H groups in total. The Bertz CT molecular complexity index is 839. The Morgan fingerprint density at radius 2 is 1.85 bits per heavy atom. The lowest BCUT2D eigenvalue weighted by atomic mass is 10.1. The first-order valence-electron chi connectivity index (χ1n) is 8.95. The van der Waals surface area contributed by atoms with Gasteiger partial charge in [0.15, 0.2) is 6.10 Å². The SMILES string of the molecule is Cc1ccccc1N1C(=O)CN(C(=O)[C@H]2Cc3ccccc3O2)C[C@H]1C. The molecule has 2 aliphatic rings. The summed E-state index contributed by atoms with van der Waals surface area (Å²) in [5, 5.41) is 0. The summed E-state index contributed by atoms with van der Waals surface area (Å²) in [7, 11) is 0. The zero-order valence-corrected chi connectivity index (χ0v) is 15.0. The molecule has 4 rings (SSSR count). The maximum absolute atomic E-state index is 12.9. The van der Waals surface area contributed by atoms with Crippen LogP contribution in [0.4, 0.5) is 5.69 Å². The van der Waals surface area contributed by atoms with Crippen LogP contribution in [0.5, 0.6) is 5.75 Å². The molecule has 0 spiro atoms. The lowest BCUT2D eigenvalue weighted by molar-refractivity contribution is -0.143. The summed E-state index contributed by atoms with van der Waals surface area (Å²) >= 11 is 0. The highest BCUT2D eigenvalue weighted by molar-refractivity contribution is 5.99. The van der Waals surface area contributed by atoms with E-state index in [1.165, 1.54) is 0 Å². The number of hydrogen-bond donors (Lipinski definition) is 0. The summed E-state index contributed by atoms with van der Waals surface area (Å²) < 4.78 is 5.81. The van der Waals surface area contributed by atoms with Gasteiger partial charge in [-0.15, -0.1) is 0 Å².